The highest BCUT2D eigenvalue weighted by atomic mass is 35.5. The van der Waals surface area contributed by atoms with Crippen LogP contribution in [-0.2, 0) is 0 Å². The van der Waals surface area contributed by atoms with Crippen molar-refractivity contribution >= 4 is 11.6 Å². The molecule has 0 aromatic rings. The molecule has 0 saturated carbocycles. The molecule has 0 fully saturated rings. The largest absolute Gasteiger partial charge is 0.122 e. The van der Waals surface area contributed by atoms with Crippen LogP contribution in [0.5, 0.6) is 0 Å². The van der Waals surface area contributed by atoms with Crippen LogP contribution in [0.1, 0.15) is 32.6 Å². The average Bonchev–Trinajstić information content (AvgIpc) is 1.85. The molecule has 0 aliphatic heterocycles. The lowest BCUT2D eigenvalue weighted by atomic mass is 10.1. The summed E-state index contributed by atoms with van der Waals surface area (Å²) in [5.41, 5.74) is 0. The van der Waals surface area contributed by atoms with Crippen molar-refractivity contribution in [1.82, 2.24) is 0 Å². The van der Waals surface area contributed by atoms with E-state index in [0.29, 0.717) is 6.42 Å². The third kappa shape index (κ3) is 5.73. The Morgan fingerprint density at radius 2 is 2.33 bits per heavy atom. The fraction of sp³-hybridized carbons (Fsp3) is 0.750. The van der Waals surface area contributed by atoms with E-state index in [1.54, 1.807) is 0 Å². The molecular weight excluding hydrogens is 132 g/mol. The van der Waals surface area contributed by atoms with Crippen molar-refractivity contribution in [3.05, 3.63) is 0 Å². The molecule has 0 aromatic heterocycles. The van der Waals surface area contributed by atoms with Gasteiger partial charge >= 0.3 is 0 Å². The van der Waals surface area contributed by atoms with Crippen molar-refractivity contribution < 1.29 is 0 Å². The van der Waals surface area contributed by atoms with Crippen molar-refractivity contribution in [2.75, 3.05) is 0 Å². The number of terminal acetylenes is 1. The highest BCUT2D eigenvalue weighted by Gasteiger charge is 1.99. The van der Waals surface area contributed by atoms with Crippen molar-refractivity contribution in [2.45, 2.75) is 38.0 Å². The van der Waals surface area contributed by atoms with Gasteiger partial charge in [0.25, 0.3) is 0 Å². The highest BCUT2D eigenvalue weighted by molar-refractivity contribution is 6.20. The number of rotatable bonds is 4. The van der Waals surface area contributed by atoms with E-state index in [1.807, 2.05) is 0 Å². The summed E-state index contributed by atoms with van der Waals surface area (Å²) in [6, 6.07) is 0. The highest BCUT2D eigenvalue weighted by Crippen LogP contribution is 2.09. The van der Waals surface area contributed by atoms with Gasteiger partial charge in [0.2, 0.25) is 0 Å². The zero-order chi connectivity index (χ0) is 7.11. The Bertz CT molecular complexity index is 91.2. The minimum atomic E-state index is 0.204. The van der Waals surface area contributed by atoms with E-state index in [9.17, 15) is 0 Å². The Kier molecular flexibility index (Phi) is 5.88. The van der Waals surface area contributed by atoms with Gasteiger partial charge in [-0.1, -0.05) is 19.8 Å². The Labute approximate surface area is 62.6 Å². The third-order valence-corrected chi connectivity index (χ3v) is 1.58. The molecule has 0 saturated heterocycles. The maximum absolute atomic E-state index is 5.82. The molecule has 1 heteroatoms. The summed E-state index contributed by atoms with van der Waals surface area (Å²) in [4.78, 5) is 0. The Balaban J connectivity index is 3.08. The fourth-order valence-corrected chi connectivity index (χ4v) is 0.899. The van der Waals surface area contributed by atoms with Crippen molar-refractivity contribution in [2.24, 2.45) is 0 Å². The van der Waals surface area contributed by atoms with Gasteiger partial charge in [-0.25, -0.2) is 0 Å². The SMILES string of the molecule is C#CC[C@H](Cl)CCCC. The predicted molar refractivity (Wildman–Crippen MR) is 42.6 cm³/mol. The second-order valence-corrected chi connectivity index (χ2v) is 2.76. The molecule has 0 nitrogen and oxygen atoms in total. The molecule has 0 amide bonds. The number of alkyl halides is 1. The first-order valence-corrected chi connectivity index (χ1v) is 3.82. The Hall–Kier alpha value is -0.150. The van der Waals surface area contributed by atoms with E-state index >= 15 is 0 Å². The summed E-state index contributed by atoms with van der Waals surface area (Å²) >= 11 is 5.82. The molecule has 0 radical (unpaired) electrons. The van der Waals surface area contributed by atoms with Crippen LogP contribution in [0.25, 0.3) is 0 Å². The molecule has 52 valence electrons. The molecule has 0 aliphatic carbocycles. The van der Waals surface area contributed by atoms with E-state index in [0.717, 1.165) is 6.42 Å². The molecule has 0 aliphatic rings. The predicted octanol–water partition coefficient (Wildman–Crippen LogP) is 2.81. The average molecular weight is 145 g/mol. The first-order valence-electron chi connectivity index (χ1n) is 3.38. The first-order chi connectivity index (χ1) is 4.31. The van der Waals surface area contributed by atoms with Crippen LogP contribution >= 0.6 is 11.6 Å². The lowest BCUT2D eigenvalue weighted by Gasteiger charge is -2.01. The van der Waals surface area contributed by atoms with E-state index in [-0.39, 0.29) is 5.38 Å². The summed E-state index contributed by atoms with van der Waals surface area (Å²) in [5, 5.41) is 0.204. The van der Waals surface area contributed by atoms with Crippen molar-refractivity contribution in [3.63, 3.8) is 0 Å². The molecule has 0 heterocycles. The van der Waals surface area contributed by atoms with Crippen LogP contribution in [0.2, 0.25) is 0 Å². The molecule has 0 bridgehead atoms. The second kappa shape index (κ2) is 5.98. The molecule has 0 rings (SSSR count). The molecule has 0 N–H and O–H groups in total. The molecule has 1 atom stereocenters. The van der Waals surface area contributed by atoms with Crippen LogP contribution in [0.4, 0.5) is 0 Å². The number of hydrogen-bond acceptors (Lipinski definition) is 0. The standard InChI is InChI=1S/C8H13Cl/c1-3-5-7-8(9)6-4-2/h2,8H,3,5-7H2,1H3/t8-/m0/s1. The van der Waals surface area contributed by atoms with Crippen LogP contribution in [0.3, 0.4) is 0 Å². The number of halogens is 1. The quantitative estimate of drug-likeness (QED) is 0.421. The van der Waals surface area contributed by atoms with Crippen LogP contribution in [0, 0.1) is 12.3 Å². The van der Waals surface area contributed by atoms with Gasteiger partial charge in [0.15, 0.2) is 0 Å². The van der Waals surface area contributed by atoms with E-state index in [4.69, 9.17) is 18.0 Å². The van der Waals surface area contributed by atoms with Gasteiger partial charge in [0, 0.05) is 11.8 Å². The van der Waals surface area contributed by atoms with Crippen LogP contribution in [0.15, 0.2) is 0 Å². The summed E-state index contributed by atoms with van der Waals surface area (Å²) in [7, 11) is 0. The fourth-order valence-electron chi connectivity index (χ4n) is 0.656. The lowest BCUT2D eigenvalue weighted by Crippen LogP contribution is -1.95. The number of unbranched alkanes of at least 4 members (excludes halogenated alkanes) is 1. The zero-order valence-corrected chi connectivity index (χ0v) is 6.62. The Morgan fingerprint density at radius 1 is 1.67 bits per heavy atom. The van der Waals surface area contributed by atoms with Crippen molar-refractivity contribution in [3.8, 4) is 12.3 Å². The maximum atomic E-state index is 5.82. The van der Waals surface area contributed by atoms with Crippen LogP contribution in [-0.4, -0.2) is 5.38 Å². The normalized spacial score (nSPS) is 12.6. The molecular formula is C8H13Cl. The van der Waals surface area contributed by atoms with Gasteiger partial charge in [-0.15, -0.1) is 23.9 Å². The van der Waals surface area contributed by atoms with Gasteiger partial charge in [-0.2, -0.15) is 0 Å². The smallest absolute Gasteiger partial charge is 0.0445 e. The van der Waals surface area contributed by atoms with Gasteiger partial charge in [-0.05, 0) is 6.42 Å². The molecule has 0 spiro atoms. The molecule has 0 aromatic carbocycles. The Morgan fingerprint density at radius 3 is 2.78 bits per heavy atom. The van der Waals surface area contributed by atoms with Gasteiger partial charge in [0.05, 0.1) is 0 Å². The lowest BCUT2D eigenvalue weighted by molar-refractivity contribution is 0.686. The van der Waals surface area contributed by atoms with E-state index < -0.39 is 0 Å². The second-order valence-electron chi connectivity index (χ2n) is 2.15. The monoisotopic (exact) mass is 144 g/mol. The molecule has 0 unspecified atom stereocenters. The minimum Gasteiger partial charge on any atom is -0.122 e. The summed E-state index contributed by atoms with van der Waals surface area (Å²) < 4.78 is 0. The summed E-state index contributed by atoms with van der Waals surface area (Å²) in [6.07, 6.45) is 9.23. The van der Waals surface area contributed by atoms with Gasteiger partial charge in [-0.3, -0.25) is 0 Å². The zero-order valence-electron chi connectivity index (χ0n) is 5.86. The topological polar surface area (TPSA) is 0 Å². The maximum Gasteiger partial charge on any atom is 0.0445 e. The van der Waals surface area contributed by atoms with E-state index in [2.05, 4.69) is 12.8 Å². The summed E-state index contributed by atoms with van der Waals surface area (Å²) in [6.45, 7) is 2.15. The summed E-state index contributed by atoms with van der Waals surface area (Å²) in [5.74, 6) is 2.54. The van der Waals surface area contributed by atoms with E-state index in [1.165, 1.54) is 12.8 Å². The van der Waals surface area contributed by atoms with Gasteiger partial charge < -0.3 is 0 Å². The van der Waals surface area contributed by atoms with Crippen molar-refractivity contribution in [1.29, 1.82) is 0 Å². The molecule has 9 heavy (non-hydrogen) atoms. The van der Waals surface area contributed by atoms with Crippen LogP contribution < -0.4 is 0 Å². The first kappa shape index (κ1) is 8.85. The number of hydrogen-bond donors (Lipinski definition) is 0. The van der Waals surface area contributed by atoms with Gasteiger partial charge in [0.1, 0.15) is 0 Å². The third-order valence-electron chi connectivity index (χ3n) is 1.21. The minimum absolute atomic E-state index is 0.204.